The summed E-state index contributed by atoms with van der Waals surface area (Å²) in [5.41, 5.74) is 4.21. The van der Waals surface area contributed by atoms with Gasteiger partial charge in [-0.1, -0.05) is 29.3 Å². The van der Waals surface area contributed by atoms with Crippen LogP contribution in [0.5, 0.6) is 11.5 Å². The zero-order valence-corrected chi connectivity index (χ0v) is 22.0. The predicted octanol–water partition coefficient (Wildman–Crippen LogP) is 7.18. The minimum atomic E-state index is 0.307. The van der Waals surface area contributed by atoms with Crippen LogP contribution in [-0.4, -0.2) is 32.9 Å². The maximum absolute atomic E-state index is 6.29. The minimum Gasteiger partial charge on any atom is -0.490 e. The molecule has 1 N–H and O–H groups in total. The second-order valence-electron chi connectivity index (χ2n) is 7.86. The van der Waals surface area contributed by atoms with Crippen molar-refractivity contribution in [3.05, 3.63) is 80.2 Å². The largest absolute Gasteiger partial charge is 0.490 e. The molecule has 3 aromatic rings. The Morgan fingerprint density at radius 3 is 2.47 bits per heavy atom. The van der Waals surface area contributed by atoms with Gasteiger partial charge >= 0.3 is 0 Å². The van der Waals surface area contributed by atoms with E-state index in [1.807, 2.05) is 25.1 Å². The Morgan fingerprint density at radius 1 is 1.00 bits per heavy atom. The summed E-state index contributed by atoms with van der Waals surface area (Å²) in [6.07, 6.45) is 0. The number of ether oxygens (including phenoxy) is 3. The highest BCUT2D eigenvalue weighted by atomic mass is 79.9. The number of rotatable bonds is 9. The highest BCUT2D eigenvalue weighted by Crippen LogP contribution is 2.38. The van der Waals surface area contributed by atoms with E-state index in [1.54, 1.807) is 12.1 Å². The predicted molar refractivity (Wildman–Crippen MR) is 143 cm³/mol. The van der Waals surface area contributed by atoms with E-state index in [2.05, 4.69) is 50.4 Å². The first-order valence-corrected chi connectivity index (χ1v) is 12.8. The molecule has 5 nitrogen and oxygen atoms in total. The molecule has 0 unspecified atom stereocenters. The molecule has 180 valence electrons. The summed E-state index contributed by atoms with van der Waals surface area (Å²) in [4.78, 5) is 2.34. The lowest BCUT2D eigenvalue weighted by molar-refractivity contribution is 0.122. The van der Waals surface area contributed by atoms with Crippen LogP contribution >= 0.6 is 39.1 Å². The summed E-state index contributed by atoms with van der Waals surface area (Å²) in [6, 6.07) is 17.9. The molecule has 0 atom stereocenters. The van der Waals surface area contributed by atoms with Crippen LogP contribution in [0.1, 0.15) is 18.1 Å². The Morgan fingerprint density at radius 2 is 1.76 bits per heavy atom. The van der Waals surface area contributed by atoms with E-state index in [0.29, 0.717) is 41.3 Å². The van der Waals surface area contributed by atoms with Gasteiger partial charge in [-0.15, -0.1) is 0 Å². The van der Waals surface area contributed by atoms with Gasteiger partial charge in [0, 0.05) is 46.6 Å². The Hall–Kier alpha value is -2.12. The van der Waals surface area contributed by atoms with Crippen molar-refractivity contribution in [1.29, 1.82) is 0 Å². The minimum absolute atomic E-state index is 0.307. The van der Waals surface area contributed by atoms with Crippen molar-refractivity contribution in [3.63, 3.8) is 0 Å². The van der Waals surface area contributed by atoms with E-state index in [9.17, 15) is 0 Å². The maximum atomic E-state index is 6.29. The van der Waals surface area contributed by atoms with Crippen LogP contribution in [0.3, 0.4) is 0 Å². The van der Waals surface area contributed by atoms with Crippen molar-refractivity contribution in [1.82, 2.24) is 0 Å². The number of nitrogens with one attached hydrogen (secondary N) is 1. The molecule has 1 heterocycles. The van der Waals surface area contributed by atoms with E-state index in [0.717, 1.165) is 47.6 Å². The molecule has 3 aromatic carbocycles. The monoisotopic (exact) mass is 564 g/mol. The normalized spacial score (nSPS) is 13.6. The first kappa shape index (κ1) is 25.0. The first-order chi connectivity index (χ1) is 16.5. The van der Waals surface area contributed by atoms with Crippen molar-refractivity contribution < 1.29 is 14.2 Å². The molecule has 4 rings (SSSR count). The van der Waals surface area contributed by atoms with E-state index in [-0.39, 0.29) is 0 Å². The smallest absolute Gasteiger partial charge is 0.175 e. The van der Waals surface area contributed by atoms with Crippen LogP contribution in [0.2, 0.25) is 10.0 Å². The van der Waals surface area contributed by atoms with Crippen LogP contribution in [0.25, 0.3) is 0 Å². The van der Waals surface area contributed by atoms with Gasteiger partial charge in [0.25, 0.3) is 0 Å². The lowest BCUT2D eigenvalue weighted by Crippen LogP contribution is -2.36. The molecule has 8 heteroatoms. The van der Waals surface area contributed by atoms with Crippen molar-refractivity contribution >= 4 is 50.5 Å². The molecule has 1 aliphatic rings. The van der Waals surface area contributed by atoms with Crippen LogP contribution in [0, 0.1) is 0 Å². The molecular formula is C26H27BrCl2N2O3. The number of nitrogens with zero attached hydrogens (tertiary/aromatic N) is 1. The summed E-state index contributed by atoms with van der Waals surface area (Å²) in [6.45, 7) is 6.87. The molecule has 1 aliphatic heterocycles. The van der Waals surface area contributed by atoms with Crippen LogP contribution in [0.15, 0.2) is 59.1 Å². The lowest BCUT2D eigenvalue weighted by Gasteiger charge is -2.29. The lowest BCUT2D eigenvalue weighted by atomic mass is 10.2. The highest BCUT2D eigenvalue weighted by molar-refractivity contribution is 9.10. The van der Waals surface area contributed by atoms with E-state index >= 15 is 0 Å². The molecule has 0 aliphatic carbocycles. The Kier molecular flexibility index (Phi) is 8.84. The standard InChI is InChI=1S/C26H27BrCl2N2O3/c1-2-33-25-14-18(13-23(27)26(25)34-17-19-3-4-20(28)15-24(19)29)16-30-21-5-7-22(8-6-21)31-9-11-32-12-10-31/h3-8,13-15,30H,2,9-12,16-17H2,1H3. The summed E-state index contributed by atoms with van der Waals surface area (Å²) >= 11 is 15.9. The topological polar surface area (TPSA) is 43.0 Å². The number of anilines is 2. The molecule has 34 heavy (non-hydrogen) atoms. The third-order valence-corrected chi connectivity index (χ3v) is 6.67. The van der Waals surface area contributed by atoms with Crippen molar-refractivity contribution in [2.75, 3.05) is 43.1 Å². The van der Waals surface area contributed by atoms with Crippen LogP contribution in [-0.2, 0) is 17.9 Å². The van der Waals surface area contributed by atoms with E-state index < -0.39 is 0 Å². The number of benzene rings is 3. The average Bonchev–Trinajstić information content (AvgIpc) is 2.84. The zero-order chi connectivity index (χ0) is 23.9. The zero-order valence-electron chi connectivity index (χ0n) is 19.0. The van der Waals surface area contributed by atoms with Gasteiger partial charge in [-0.3, -0.25) is 0 Å². The molecule has 0 radical (unpaired) electrons. The quantitative estimate of drug-likeness (QED) is 0.297. The SMILES string of the molecule is CCOc1cc(CNc2ccc(N3CCOCC3)cc2)cc(Br)c1OCc1ccc(Cl)cc1Cl. The van der Waals surface area contributed by atoms with Crippen molar-refractivity contribution in [2.45, 2.75) is 20.1 Å². The molecule has 1 fully saturated rings. The van der Waals surface area contributed by atoms with Crippen LogP contribution < -0.4 is 19.7 Å². The third-order valence-electron chi connectivity index (χ3n) is 5.50. The van der Waals surface area contributed by atoms with Gasteiger partial charge in [-0.05, 0) is 76.9 Å². The van der Waals surface area contributed by atoms with E-state index in [1.165, 1.54) is 5.69 Å². The Bertz CT molecular complexity index is 1110. The van der Waals surface area contributed by atoms with Gasteiger partial charge in [0.2, 0.25) is 0 Å². The van der Waals surface area contributed by atoms with Gasteiger partial charge in [0.05, 0.1) is 24.3 Å². The van der Waals surface area contributed by atoms with Crippen LogP contribution in [0.4, 0.5) is 11.4 Å². The highest BCUT2D eigenvalue weighted by Gasteiger charge is 2.14. The van der Waals surface area contributed by atoms with Gasteiger partial charge in [-0.2, -0.15) is 0 Å². The average molecular weight is 566 g/mol. The molecule has 0 bridgehead atoms. The van der Waals surface area contributed by atoms with E-state index in [4.69, 9.17) is 37.4 Å². The van der Waals surface area contributed by atoms with Gasteiger partial charge in [0.15, 0.2) is 11.5 Å². The van der Waals surface area contributed by atoms with Gasteiger partial charge in [-0.25, -0.2) is 0 Å². The number of morpholine rings is 1. The summed E-state index contributed by atoms with van der Waals surface area (Å²) in [5, 5.41) is 4.65. The second-order valence-corrected chi connectivity index (χ2v) is 9.56. The summed E-state index contributed by atoms with van der Waals surface area (Å²) in [7, 11) is 0. The molecule has 0 saturated carbocycles. The summed E-state index contributed by atoms with van der Waals surface area (Å²) in [5.74, 6) is 1.33. The fraction of sp³-hybridized carbons (Fsp3) is 0.308. The van der Waals surface area contributed by atoms with Crippen molar-refractivity contribution in [2.24, 2.45) is 0 Å². The number of hydrogen-bond acceptors (Lipinski definition) is 5. The number of halogens is 3. The van der Waals surface area contributed by atoms with Crippen molar-refractivity contribution in [3.8, 4) is 11.5 Å². The molecular weight excluding hydrogens is 539 g/mol. The molecule has 0 spiro atoms. The molecule has 0 aromatic heterocycles. The summed E-state index contributed by atoms with van der Waals surface area (Å²) < 4.78 is 18.2. The fourth-order valence-electron chi connectivity index (χ4n) is 3.73. The third kappa shape index (κ3) is 6.51. The molecule has 0 amide bonds. The second kappa shape index (κ2) is 12.0. The fourth-order valence-corrected chi connectivity index (χ4v) is 4.80. The number of hydrogen-bond donors (Lipinski definition) is 1. The maximum Gasteiger partial charge on any atom is 0.175 e. The van der Waals surface area contributed by atoms with Gasteiger partial charge in [0.1, 0.15) is 6.61 Å². The van der Waals surface area contributed by atoms with Gasteiger partial charge < -0.3 is 24.4 Å². The Labute approximate surface area is 219 Å². The first-order valence-electron chi connectivity index (χ1n) is 11.2. The Balaban J connectivity index is 1.42. The molecule has 1 saturated heterocycles.